The van der Waals surface area contributed by atoms with E-state index in [4.69, 9.17) is 0 Å². The maximum Gasteiger partial charge on any atom is 0.213 e. The number of hydrogen-bond acceptors (Lipinski definition) is 1. The van der Waals surface area contributed by atoms with Crippen LogP contribution in [0.25, 0.3) is 11.3 Å². The molecule has 0 saturated heterocycles. The number of aromatic nitrogens is 1. The predicted molar refractivity (Wildman–Crippen MR) is 129 cm³/mol. The molecule has 2 heterocycles. The summed E-state index contributed by atoms with van der Waals surface area (Å²) in [5.74, 6) is 0.469. The summed E-state index contributed by atoms with van der Waals surface area (Å²) < 4.78 is 2.42. The van der Waals surface area contributed by atoms with Crippen LogP contribution in [0, 0.1) is 13.8 Å². The number of fused-ring (bicyclic) bond motifs is 3. The summed E-state index contributed by atoms with van der Waals surface area (Å²) in [5.41, 5.74) is 10.1. The van der Waals surface area contributed by atoms with Crippen molar-refractivity contribution in [2.75, 3.05) is 4.90 Å². The fourth-order valence-corrected chi connectivity index (χ4v) is 4.68. The average molecular weight is 406 g/mol. The van der Waals surface area contributed by atoms with Crippen LogP contribution >= 0.6 is 0 Å². The van der Waals surface area contributed by atoms with Gasteiger partial charge in [-0.05, 0) is 68.8 Å². The molecular weight excluding hydrogens is 376 g/mol. The van der Waals surface area contributed by atoms with Gasteiger partial charge in [0.2, 0.25) is 5.69 Å². The molecule has 4 aromatic rings. The minimum atomic E-state index is 0.444. The first-order chi connectivity index (χ1) is 15.0. The molecule has 0 radical (unpaired) electrons. The third-order valence-electron chi connectivity index (χ3n) is 6.70. The Morgan fingerprint density at radius 1 is 0.677 bits per heavy atom. The Morgan fingerprint density at radius 2 is 1.26 bits per heavy atom. The lowest BCUT2D eigenvalue weighted by atomic mass is 9.84. The molecule has 0 spiro atoms. The van der Waals surface area contributed by atoms with Crippen molar-refractivity contribution in [3.63, 3.8) is 0 Å². The summed E-state index contributed by atoms with van der Waals surface area (Å²) in [6, 6.07) is 31.5. The molecule has 2 unspecified atom stereocenters. The van der Waals surface area contributed by atoms with Crippen LogP contribution in [0.2, 0.25) is 0 Å². The summed E-state index contributed by atoms with van der Waals surface area (Å²) in [6.45, 7) is 8.92. The van der Waals surface area contributed by atoms with Gasteiger partial charge in [0.1, 0.15) is 0 Å². The molecule has 2 nitrogen and oxygen atoms in total. The summed E-state index contributed by atoms with van der Waals surface area (Å²) in [7, 11) is 0. The van der Waals surface area contributed by atoms with Crippen molar-refractivity contribution in [1.82, 2.24) is 0 Å². The Morgan fingerprint density at radius 3 is 1.87 bits per heavy atom. The smallest absolute Gasteiger partial charge is 0.213 e. The second kappa shape index (κ2) is 7.70. The van der Waals surface area contributed by atoms with Gasteiger partial charge in [0, 0.05) is 35.1 Å². The summed E-state index contributed by atoms with van der Waals surface area (Å²) >= 11 is 0. The third kappa shape index (κ3) is 3.42. The molecular formula is C29H29N2+. The molecule has 2 heteroatoms. The van der Waals surface area contributed by atoms with E-state index in [1.165, 1.54) is 45.0 Å². The van der Waals surface area contributed by atoms with Crippen molar-refractivity contribution in [1.29, 1.82) is 0 Å². The zero-order chi connectivity index (χ0) is 21.5. The van der Waals surface area contributed by atoms with Crippen LogP contribution in [-0.2, 0) is 0 Å². The number of benzene rings is 3. The molecule has 154 valence electrons. The van der Waals surface area contributed by atoms with Crippen LogP contribution in [0.1, 0.15) is 42.5 Å². The van der Waals surface area contributed by atoms with E-state index in [0.29, 0.717) is 12.0 Å². The Bertz CT molecular complexity index is 1180. The maximum atomic E-state index is 2.42. The van der Waals surface area contributed by atoms with Crippen molar-refractivity contribution < 1.29 is 4.57 Å². The lowest BCUT2D eigenvalue weighted by Gasteiger charge is -2.29. The Kier molecular flexibility index (Phi) is 4.86. The molecule has 3 aromatic carbocycles. The number of aryl methyl sites for hydroxylation is 2. The molecule has 0 N–H and O–H groups in total. The molecule has 5 rings (SSSR count). The molecule has 0 fully saturated rings. The maximum absolute atomic E-state index is 2.42. The first kappa shape index (κ1) is 19.6. The van der Waals surface area contributed by atoms with Gasteiger partial charge in [-0.1, -0.05) is 48.4 Å². The van der Waals surface area contributed by atoms with Crippen LogP contribution in [0.3, 0.4) is 0 Å². The number of pyridine rings is 1. The Labute approximate surface area is 185 Å². The molecule has 0 amide bonds. The van der Waals surface area contributed by atoms with Gasteiger partial charge in [0.05, 0.1) is 5.56 Å². The molecule has 0 saturated carbocycles. The highest BCUT2D eigenvalue weighted by molar-refractivity contribution is 5.80. The number of hydrogen-bond donors (Lipinski definition) is 0. The predicted octanol–water partition coefficient (Wildman–Crippen LogP) is 7.41. The topological polar surface area (TPSA) is 7.12 Å². The van der Waals surface area contributed by atoms with Gasteiger partial charge in [0.15, 0.2) is 12.2 Å². The lowest BCUT2D eigenvalue weighted by Crippen LogP contribution is -2.45. The minimum Gasteiger partial charge on any atom is -0.310 e. The molecule has 0 bridgehead atoms. The first-order valence-corrected chi connectivity index (χ1v) is 11.1. The van der Waals surface area contributed by atoms with Crippen molar-refractivity contribution in [3.05, 3.63) is 108 Å². The van der Waals surface area contributed by atoms with Crippen molar-refractivity contribution in [3.8, 4) is 11.3 Å². The molecule has 1 aromatic heterocycles. The van der Waals surface area contributed by atoms with Gasteiger partial charge in [-0.25, -0.2) is 0 Å². The highest BCUT2D eigenvalue weighted by Crippen LogP contribution is 2.42. The van der Waals surface area contributed by atoms with E-state index in [0.717, 1.165) is 0 Å². The largest absolute Gasteiger partial charge is 0.310 e. The fraction of sp³-hybridized carbons (Fsp3) is 0.207. The fourth-order valence-electron chi connectivity index (χ4n) is 4.68. The van der Waals surface area contributed by atoms with Gasteiger partial charge >= 0.3 is 0 Å². The highest BCUT2D eigenvalue weighted by Gasteiger charge is 2.34. The van der Waals surface area contributed by atoms with E-state index in [1.54, 1.807) is 0 Å². The van der Waals surface area contributed by atoms with Crippen LogP contribution in [0.4, 0.5) is 17.1 Å². The second-order valence-electron chi connectivity index (χ2n) is 8.80. The normalized spacial score (nSPS) is 17.0. The van der Waals surface area contributed by atoms with Gasteiger partial charge in [-0.15, -0.1) is 0 Å². The quantitative estimate of drug-likeness (QED) is 0.322. The minimum absolute atomic E-state index is 0.444. The van der Waals surface area contributed by atoms with E-state index < -0.39 is 0 Å². The lowest BCUT2D eigenvalue weighted by molar-refractivity contribution is -0.714. The zero-order valence-corrected chi connectivity index (χ0v) is 18.7. The molecule has 31 heavy (non-hydrogen) atoms. The van der Waals surface area contributed by atoms with Crippen LogP contribution in [0.15, 0.2) is 91.1 Å². The van der Waals surface area contributed by atoms with Gasteiger partial charge in [0.25, 0.3) is 0 Å². The summed E-state index contributed by atoms with van der Waals surface area (Å²) in [5, 5.41) is 0. The van der Waals surface area contributed by atoms with E-state index in [2.05, 4.69) is 128 Å². The van der Waals surface area contributed by atoms with Crippen molar-refractivity contribution in [2.24, 2.45) is 0 Å². The molecule has 1 aliphatic heterocycles. The first-order valence-electron chi connectivity index (χ1n) is 11.1. The summed E-state index contributed by atoms with van der Waals surface area (Å²) in [4.78, 5) is 2.36. The van der Waals surface area contributed by atoms with Crippen LogP contribution in [0.5, 0.6) is 0 Å². The highest BCUT2D eigenvalue weighted by atomic mass is 15.1. The van der Waals surface area contributed by atoms with Crippen LogP contribution in [-0.4, -0.2) is 0 Å². The zero-order valence-electron chi connectivity index (χ0n) is 18.7. The van der Waals surface area contributed by atoms with Crippen molar-refractivity contribution >= 4 is 17.1 Å². The van der Waals surface area contributed by atoms with Crippen LogP contribution < -0.4 is 9.47 Å². The number of anilines is 3. The standard InChI is InChI=1S/C29H29N2/c1-20-8-12-24(13-9-20)31(25-14-10-21(2)11-15-25)26-16-17-27-22(3)23(4)30-18-6-5-7-29(30)28(27)19-26/h5-19,22-23H,1-4H3/q+1. The monoisotopic (exact) mass is 405 g/mol. The van der Waals surface area contributed by atoms with Crippen molar-refractivity contribution in [2.45, 2.75) is 39.7 Å². The SMILES string of the molecule is Cc1ccc(N(c2ccc(C)cc2)c2ccc3c(c2)-c2cccc[n+]2C(C)C3C)cc1. The number of nitrogens with zero attached hydrogens (tertiary/aromatic N) is 2. The second-order valence-corrected chi connectivity index (χ2v) is 8.80. The van der Waals surface area contributed by atoms with Gasteiger partial charge < -0.3 is 4.90 Å². The number of rotatable bonds is 3. The van der Waals surface area contributed by atoms with Gasteiger partial charge in [-0.3, -0.25) is 0 Å². The third-order valence-corrected chi connectivity index (χ3v) is 6.70. The molecule has 1 aliphatic rings. The van der Waals surface area contributed by atoms with E-state index >= 15 is 0 Å². The molecule has 0 aliphatic carbocycles. The van der Waals surface area contributed by atoms with E-state index in [1.807, 2.05) is 0 Å². The Hall–Kier alpha value is -3.39. The van der Waals surface area contributed by atoms with E-state index in [9.17, 15) is 0 Å². The summed E-state index contributed by atoms with van der Waals surface area (Å²) in [6.07, 6.45) is 2.21. The average Bonchev–Trinajstić information content (AvgIpc) is 2.80. The molecule has 2 atom stereocenters. The Balaban J connectivity index is 1.70. The van der Waals surface area contributed by atoms with Gasteiger partial charge in [-0.2, -0.15) is 4.57 Å². The van der Waals surface area contributed by atoms with E-state index in [-0.39, 0.29) is 0 Å².